The molecule has 0 bridgehead atoms. The number of carbonyl (C=O) groups excluding carboxylic acids is 1. The van der Waals surface area contributed by atoms with Gasteiger partial charge in [0, 0.05) is 38.3 Å². The number of amides is 1. The fourth-order valence-corrected chi connectivity index (χ4v) is 3.69. The van der Waals surface area contributed by atoms with Crippen LogP contribution in [0, 0.1) is 0 Å². The molecule has 2 fully saturated rings. The molecule has 25 heavy (non-hydrogen) atoms. The Hall–Kier alpha value is -1.66. The Labute approximate surface area is 149 Å². The molecule has 0 radical (unpaired) electrons. The van der Waals surface area contributed by atoms with Crippen molar-refractivity contribution in [2.75, 3.05) is 13.1 Å². The lowest BCUT2D eigenvalue weighted by molar-refractivity contribution is -0.182. The van der Waals surface area contributed by atoms with Gasteiger partial charge in [-0.2, -0.15) is 0 Å². The molecule has 2 aliphatic heterocycles. The minimum absolute atomic E-state index is 0.125. The van der Waals surface area contributed by atoms with Crippen LogP contribution in [-0.4, -0.2) is 51.5 Å². The number of carbonyl (C=O) groups is 1. The molecule has 2 saturated heterocycles. The third kappa shape index (κ3) is 4.50. The van der Waals surface area contributed by atoms with E-state index in [1.54, 1.807) is 17.3 Å². The summed E-state index contributed by atoms with van der Waals surface area (Å²) in [4.78, 5) is 18.0. The Balaban J connectivity index is 1.64. The monoisotopic (exact) mass is 348 g/mol. The van der Waals surface area contributed by atoms with E-state index in [1.165, 1.54) is 0 Å². The highest BCUT2D eigenvalue weighted by atomic mass is 16.6. The van der Waals surface area contributed by atoms with Crippen molar-refractivity contribution < 1.29 is 19.4 Å². The number of aliphatic hydroxyl groups excluding tert-OH is 1. The number of hydrogen-bond acceptors (Lipinski definition) is 5. The number of ether oxygens (including phenoxy) is 2. The summed E-state index contributed by atoms with van der Waals surface area (Å²) >= 11 is 0. The normalized spacial score (nSPS) is 26.5. The molecule has 1 N–H and O–H groups in total. The molecule has 0 unspecified atom stereocenters. The first-order valence-corrected chi connectivity index (χ1v) is 9.00. The first-order valence-electron chi connectivity index (χ1n) is 9.00. The molecule has 1 amide bonds. The van der Waals surface area contributed by atoms with Gasteiger partial charge in [-0.15, -0.1) is 0 Å². The Kier molecular flexibility index (Phi) is 5.02. The van der Waals surface area contributed by atoms with E-state index in [-0.39, 0.29) is 23.9 Å². The Morgan fingerprint density at radius 1 is 1.32 bits per heavy atom. The summed E-state index contributed by atoms with van der Waals surface area (Å²) in [7, 11) is 0. The highest BCUT2D eigenvalue weighted by Gasteiger charge is 2.44. The smallest absolute Gasteiger partial charge is 0.410 e. The third-order valence-electron chi connectivity index (χ3n) is 4.89. The van der Waals surface area contributed by atoms with Gasteiger partial charge in [0.15, 0.2) is 0 Å². The molecular weight excluding hydrogens is 320 g/mol. The molecular formula is C19H28N2O4. The van der Waals surface area contributed by atoms with Crippen molar-refractivity contribution in [3.8, 4) is 0 Å². The number of hydrogen-bond donors (Lipinski definition) is 1. The summed E-state index contributed by atoms with van der Waals surface area (Å²) in [6.07, 6.45) is 5.35. The van der Waals surface area contributed by atoms with Crippen LogP contribution in [0.25, 0.3) is 0 Å². The second-order valence-corrected chi connectivity index (χ2v) is 8.13. The number of pyridine rings is 1. The maximum atomic E-state index is 12.2. The SMILES string of the molecule is CC(C)(C)OC(=O)N1CCC2(CC1)C[C@H](O)C[C@H](c1ccncc1)O2. The number of likely N-dealkylation sites (tertiary alicyclic amines) is 1. The van der Waals surface area contributed by atoms with Crippen LogP contribution < -0.4 is 0 Å². The molecule has 138 valence electrons. The van der Waals surface area contributed by atoms with Crippen LogP contribution in [0.4, 0.5) is 4.79 Å². The number of rotatable bonds is 1. The minimum atomic E-state index is -0.490. The van der Waals surface area contributed by atoms with Gasteiger partial charge in [0.05, 0.1) is 17.8 Å². The topological polar surface area (TPSA) is 71.9 Å². The fraction of sp³-hybridized carbons (Fsp3) is 0.684. The molecule has 3 rings (SSSR count). The quantitative estimate of drug-likeness (QED) is 0.844. The summed E-state index contributed by atoms with van der Waals surface area (Å²) in [5.74, 6) is 0. The van der Waals surface area contributed by atoms with Crippen LogP contribution in [0.15, 0.2) is 24.5 Å². The van der Waals surface area contributed by atoms with Crippen molar-refractivity contribution in [2.45, 2.75) is 69.9 Å². The molecule has 0 aliphatic carbocycles. The first-order chi connectivity index (χ1) is 11.8. The van der Waals surface area contributed by atoms with Gasteiger partial charge < -0.3 is 19.5 Å². The number of piperidine rings is 1. The summed E-state index contributed by atoms with van der Waals surface area (Å²) in [6, 6.07) is 3.87. The zero-order valence-electron chi connectivity index (χ0n) is 15.3. The molecule has 0 aromatic carbocycles. The minimum Gasteiger partial charge on any atom is -0.444 e. The fourth-order valence-electron chi connectivity index (χ4n) is 3.69. The maximum Gasteiger partial charge on any atom is 0.410 e. The lowest BCUT2D eigenvalue weighted by Crippen LogP contribution is -2.52. The van der Waals surface area contributed by atoms with Gasteiger partial charge in [-0.05, 0) is 51.3 Å². The van der Waals surface area contributed by atoms with Crippen molar-refractivity contribution in [3.63, 3.8) is 0 Å². The molecule has 2 aliphatic rings. The van der Waals surface area contributed by atoms with Crippen molar-refractivity contribution in [1.29, 1.82) is 0 Å². The van der Waals surface area contributed by atoms with Crippen molar-refractivity contribution in [2.24, 2.45) is 0 Å². The number of aliphatic hydroxyl groups is 1. The molecule has 2 atom stereocenters. The Morgan fingerprint density at radius 2 is 1.96 bits per heavy atom. The molecule has 3 heterocycles. The largest absolute Gasteiger partial charge is 0.444 e. The van der Waals surface area contributed by atoms with Crippen LogP contribution >= 0.6 is 0 Å². The van der Waals surface area contributed by atoms with E-state index in [0.29, 0.717) is 38.8 Å². The molecule has 6 nitrogen and oxygen atoms in total. The zero-order valence-corrected chi connectivity index (χ0v) is 15.3. The molecule has 1 spiro atoms. The van der Waals surface area contributed by atoms with Gasteiger partial charge >= 0.3 is 6.09 Å². The van der Waals surface area contributed by atoms with E-state index >= 15 is 0 Å². The zero-order chi connectivity index (χ0) is 18.1. The van der Waals surface area contributed by atoms with Crippen molar-refractivity contribution >= 4 is 6.09 Å². The van der Waals surface area contributed by atoms with Crippen LogP contribution in [0.3, 0.4) is 0 Å². The van der Waals surface area contributed by atoms with Gasteiger partial charge in [-0.25, -0.2) is 4.79 Å². The Bertz CT molecular complexity index is 591. The summed E-state index contributed by atoms with van der Waals surface area (Å²) in [5, 5.41) is 10.4. The number of nitrogens with zero attached hydrogens (tertiary/aromatic N) is 2. The standard InChI is InChI=1S/C19H28N2O4/c1-18(2,3)25-17(23)21-10-6-19(7-11-21)13-15(22)12-16(24-19)14-4-8-20-9-5-14/h4-5,8-9,15-16,22H,6-7,10-13H2,1-3H3/t15-,16-/m1/s1. The average Bonchev–Trinajstić information content (AvgIpc) is 2.54. The lowest BCUT2D eigenvalue weighted by Gasteiger charge is -2.48. The maximum absolute atomic E-state index is 12.2. The van der Waals surface area contributed by atoms with E-state index in [0.717, 1.165) is 5.56 Å². The predicted octanol–water partition coefficient (Wildman–Crippen LogP) is 3.06. The van der Waals surface area contributed by atoms with E-state index < -0.39 is 5.60 Å². The summed E-state index contributed by atoms with van der Waals surface area (Å²) in [6.45, 7) is 6.79. The van der Waals surface area contributed by atoms with E-state index in [1.807, 2.05) is 32.9 Å². The second-order valence-electron chi connectivity index (χ2n) is 8.13. The van der Waals surface area contributed by atoms with Gasteiger partial charge in [0.2, 0.25) is 0 Å². The van der Waals surface area contributed by atoms with E-state index in [4.69, 9.17) is 9.47 Å². The van der Waals surface area contributed by atoms with Crippen LogP contribution in [0.1, 0.15) is 58.1 Å². The van der Waals surface area contributed by atoms with Gasteiger partial charge in [0.1, 0.15) is 5.60 Å². The van der Waals surface area contributed by atoms with Crippen LogP contribution in [0.5, 0.6) is 0 Å². The van der Waals surface area contributed by atoms with Crippen molar-refractivity contribution in [3.05, 3.63) is 30.1 Å². The Morgan fingerprint density at radius 3 is 2.56 bits per heavy atom. The highest BCUT2D eigenvalue weighted by Crippen LogP contribution is 2.43. The van der Waals surface area contributed by atoms with Gasteiger partial charge in [0.25, 0.3) is 0 Å². The summed E-state index contributed by atoms with van der Waals surface area (Å²) < 4.78 is 11.9. The molecule has 1 aromatic heterocycles. The summed E-state index contributed by atoms with van der Waals surface area (Å²) in [5.41, 5.74) is 0.183. The van der Waals surface area contributed by atoms with E-state index in [9.17, 15) is 9.90 Å². The highest BCUT2D eigenvalue weighted by molar-refractivity contribution is 5.68. The molecule has 6 heteroatoms. The van der Waals surface area contributed by atoms with Gasteiger partial charge in [-0.1, -0.05) is 0 Å². The lowest BCUT2D eigenvalue weighted by atomic mass is 9.81. The number of aromatic nitrogens is 1. The first kappa shape index (κ1) is 18.1. The second kappa shape index (κ2) is 6.92. The average molecular weight is 348 g/mol. The molecule has 0 saturated carbocycles. The van der Waals surface area contributed by atoms with Crippen LogP contribution in [0.2, 0.25) is 0 Å². The van der Waals surface area contributed by atoms with E-state index in [2.05, 4.69) is 4.98 Å². The van der Waals surface area contributed by atoms with Crippen molar-refractivity contribution in [1.82, 2.24) is 9.88 Å². The van der Waals surface area contributed by atoms with Crippen LogP contribution in [-0.2, 0) is 9.47 Å². The predicted molar refractivity (Wildman–Crippen MR) is 93.1 cm³/mol. The van der Waals surface area contributed by atoms with Gasteiger partial charge in [-0.3, -0.25) is 4.98 Å². The molecule has 1 aromatic rings. The third-order valence-corrected chi connectivity index (χ3v) is 4.89.